The highest BCUT2D eigenvalue weighted by molar-refractivity contribution is 6.30. The molecular formula is C15H23ClN2O2. The summed E-state index contributed by atoms with van der Waals surface area (Å²) in [6, 6.07) is 7.81. The van der Waals surface area contributed by atoms with Crippen LogP contribution in [0.3, 0.4) is 0 Å². The van der Waals surface area contributed by atoms with Crippen molar-refractivity contribution in [2.75, 3.05) is 19.6 Å². The number of amides is 1. The predicted octanol–water partition coefficient (Wildman–Crippen LogP) is 3.00. The molecule has 0 aliphatic heterocycles. The molecule has 0 radical (unpaired) electrons. The van der Waals surface area contributed by atoms with Gasteiger partial charge in [-0.15, -0.1) is 0 Å². The SMILES string of the molecule is CC(C)(C)OC(=O)NCCNCCc1ccc(Cl)cc1. The van der Waals surface area contributed by atoms with Gasteiger partial charge in [-0.25, -0.2) is 4.79 Å². The van der Waals surface area contributed by atoms with Crippen LogP contribution in [0.2, 0.25) is 5.02 Å². The largest absolute Gasteiger partial charge is 0.444 e. The number of rotatable bonds is 6. The zero-order valence-electron chi connectivity index (χ0n) is 12.3. The number of carbonyl (C=O) groups is 1. The Balaban J connectivity index is 2.05. The topological polar surface area (TPSA) is 50.4 Å². The van der Waals surface area contributed by atoms with Gasteiger partial charge < -0.3 is 15.4 Å². The molecule has 4 nitrogen and oxygen atoms in total. The number of halogens is 1. The fourth-order valence-corrected chi connectivity index (χ4v) is 1.70. The minimum atomic E-state index is -0.452. The molecule has 0 heterocycles. The number of benzene rings is 1. The maximum atomic E-state index is 11.4. The molecule has 0 saturated heterocycles. The standard InChI is InChI=1S/C15H23ClN2O2/c1-15(2,3)20-14(19)18-11-10-17-9-8-12-4-6-13(16)7-5-12/h4-7,17H,8-11H2,1-3H3,(H,18,19). The minimum Gasteiger partial charge on any atom is -0.444 e. The molecule has 1 amide bonds. The predicted molar refractivity (Wildman–Crippen MR) is 82.3 cm³/mol. The molecule has 0 aliphatic rings. The Bertz CT molecular complexity index is 413. The maximum Gasteiger partial charge on any atom is 0.407 e. The van der Waals surface area contributed by atoms with Gasteiger partial charge in [-0.3, -0.25) is 0 Å². The van der Waals surface area contributed by atoms with Crippen LogP contribution in [0.15, 0.2) is 24.3 Å². The number of nitrogens with one attached hydrogen (secondary N) is 2. The van der Waals surface area contributed by atoms with E-state index in [1.807, 2.05) is 45.0 Å². The average Bonchev–Trinajstić information content (AvgIpc) is 2.33. The zero-order valence-corrected chi connectivity index (χ0v) is 13.1. The van der Waals surface area contributed by atoms with Gasteiger partial charge in [0.2, 0.25) is 0 Å². The third-order valence-electron chi connectivity index (χ3n) is 2.47. The Kier molecular flexibility index (Phi) is 6.82. The van der Waals surface area contributed by atoms with E-state index in [1.165, 1.54) is 5.56 Å². The Morgan fingerprint density at radius 3 is 2.40 bits per heavy atom. The summed E-state index contributed by atoms with van der Waals surface area (Å²) in [7, 11) is 0. The first-order valence-corrected chi connectivity index (χ1v) is 7.16. The van der Waals surface area contributed by atoms with Crippen molar-refractivity contribution in [1.29, 1.82) is 0 Å². The molecule has 0 unspecified atom stereocenters. The Morgan fingerprint density at radius 1 is 1.15 bits per heavy atom. The summed E-state index contributed by atoms with van der Waals surface area (Å²) in [5.41, 5.74) is 0.786. The molecule has 1 aromatic carbocycles. The van der Waals surface area contributed by atoms with E-state index in [2.05, 4.69) is 10.6 Å². The number of hydrogen-bond donors (Lipinski definition) is 2. The van der Waals surface area contributed by atoms with Gasteiger partial charge in [-0.05, 0) is 51.4 Å². The number of alkyl carbamates (subject to hydrolysis) is 1. The van der Waals surface area contributed by atoms with Gasteiger partial charge in [0, 0.05) is 18.1 Å². The van der Waals surface area contributed by atoms with Crippen molar-refractivity contribution in [3.63, 3.8) is 0 Å². The van der Waals surface area contributed by atoms with Crippen LogP contribution in [-0.2, 0) is 11.2 Å². The molecule has 2 N–H and O–H groups in total. The quantitative estimate of drug-likeness (QED) is 0.794. The molecule has 0 atom stereocenters. The van der Waals surface area contributed by atoms with Crippen LogP contribution in [0.1, 0.15) is 26.3 Å². The number of hydrogen-bond acceptors (Lipinski definition) is 3. The van der Waals surface area contributed by atoms with Crippen LogP contribution >= 0.6 is 11.6 Å². The van der Waals surface area contributed by atoms with E-state index >= 15 is 0 Å². The van der Waals surface area contributed by atoms with Crippen LogP contribution in [-0.4, -0.2) is 31.3 Å². The molecule has 112 valence electrons. The summed E-state index contributed by atoms with van der Waals surface area (Å²) in [5, 5.41) is 6.72. The van der Waals surface area contributed by atoms with Crippen molar-refractivity contribution in [3.05, 3.63) is 34.9 Å². The van der Waals surface area contributed by atoms with Crippen LogP contribution in [0.5, 0.6) is 0 Å². The molecule has 20 heavy (non-hydrogen) atoms. The summed E-state index contributed by atoms with van der Waals surface area (Å²) in [6.45, 7) is 7.66. The Labute approximate surface area is 125 Å². The molecule has 0 fully saturated rings. The van der Waals surface area contributed by atoms with Crippen molar-refractivity contribution in [3.8, 4) is 0 Å². The first-order valence-electron chi connectivity index (χ1n) is 6.79. The lowest BCUT2D eigenvalue weighted by Gasteiger charge is -2.19. The van der Waals surface area contributed by atoms with Gasteiger partial charge in [-0.2, -0.15) is 0 Å². The molecule has 0 aliphatic carbocycles. The lowest BCUT2D eigenvalue weighted by atomic mass is 10.1. The van der Waals surface area contributed by atoms with Gasteiger partial charge in [0.05, 0.1) is 0 Å². The van der Waals surface area contributed by atoms with Gasteiger partial charge in [0.25, 0.3) is 0 Å². The molecule has 0 saturated carbocycles. The fraction of sp³-hybridized carbons (Fsp3) is 0.533. The number of carbonyl (C=O) groups excluding carboxylic acids is 1. The second-order valence-electron chi connectivity index (χ2n) is 5.56. The highest BCUT2D eigenvalue weighted by Gasteiger charge is 2.15. The van der Waals surface area contributed by atoms with E-state index in [-0.39, 0.29) is 6.09 Å². The van der Waals surface area contributed by atoms with Crippen LogP contribution in [0.25, 0.3) is 0 Å². The van der Waals surface area contributed by atoms with Crippen molar-refractivity contribution < 1.29 is 9.53 Å². The van der Waals surface area contributed by atoms with Crippen LogP contribution in [0, 0.1) is 0 Å². The minimum absolute atomic E-state index is 0.378. The smallest absolute Gasteiger partial charge is 0.407 e. The maximum absolute atomic E-state index is 11.4. The fourth-order valence-electron chi connectivity index (χ4n) is 1.58. The monoisotopic (exact) mass is 298 g/mol. The highest BCUT2D eigenvalue weighted by atomic mass is 35.5. The van der Waals surface area contributed by atoms with Crippen LogP contribution < -0.4 is 10.6 Å². The zero-order chi connectivity index (χ0) is 15.0. The van der Waals surface area contributed by atoms with Gasteiger partial charge >= 0.3 is 6.09 Å². The van der Waals surface area contributed by atoms with Gasteiger partial charge in [0.1, 0.15) is 5.60 Å². The van der Waals surface area contributed by atoms with E-state index in [9.17, 15) is 4.79 Å². The summed E-state index contributed by atoms with van der Waals surface area (Å²) < 4.78 is 5.13. The first-order chi connectivity index (χ1) is 9.37. The summed E-state index contributed by atoms with van der Waals surface area (Å²) in [6.07, 6.45) is 0.556. The molecule has 0 aromatic heterocycles. The van der Waals surface area contributed by atoms with Crippen molar-refractivity contribution >= 4 is 17.7 Å². The third-order valence-corrected chi connectivity index (χ3v) is 2.73. The van der Waals surface area contributed by atoms with Crippen LogP contribution in [0.4, 0.5) is 4.79 Å². The first kappa shape index (κ1) is 16.8. The highest BCUT2D eigenvalue weighted by Crippen LogP contribution is 2.09. The van der Waals surface area contributed by atoms with Crippen molar-refractivity contribution in [2.45, 2.75) is 32.8 Å². The molecule has 1 aromatic rings. The second kappa shape index (κ2) is 8.12. The Hall–Kier alpha value is -1.26. The normalized spacial score (nSPS) is 11.2. The summed E-state index contributed by atoms with van der Waals surface area (Å²) in [5.74, 6) is 0. The molecule has 0 bridgehead atoms. The van der Waals surface area contributed by atoms with Gasteiger partial charge in [-0.1, -0.05) is 23.7 Å². The van der Waals surface area contributed by atoms with E-state index in [0.717, 1.165) is 18.0 Å². The Morgan fingerprint density at radius 2 is 1.80 bits per heavy atom. The third kappa shape index (κ3) is 8.02. The summed E-state index contributed by atoms with van der Waals surface area (Å²) >= 11 is 5.82. The average molecular weight is 299 g/mol. The van der Waals surface area contributed by atoms with E-state index < -0.39 is 5.60 Å². The molecule has 1 rings (SSSR count). The van der Waals surface area contributed by atoms with Crippen molar-refractivity contribution in [2.24, 2.45) is 0 Å². The van der Waals surface area contributed by atoms with Crippen molar-refractivity contribution in [1.82, 2.24) is 10.6 Å². The lowest BCUT2D eigenvalue weighted by Crippen LogP contribution is -2.36. The molecule has 5 heteroatoms. The van der Waals surface area contributed by atoms with Gasteiger partial charge in [0.15, 0.2) is 0 Å². The molecule has 0 spiro atoms. The van der Waals surface area contributed by atoms with E-state index in [0.29, 0.717) is 13.1 Å². The second-order valence-corrected chi connectivity index (χ2v) is 5.99. The lowest BCUT2D eigenvalue weighted by molar-refractivity contribution is 0.0528. The van der Waals surface area contributed by atoms with E-state index in [1.54, 1.807) is 0 Å². The summed E-state index contributed by atoms with van der Waals surface area (Å²) in [4.78, 5) is 11.4. The molecular weight excluding hydrogens is 276 g/mol. The number of ether oxygens (including phenoxy) is 1. The van der Waals surface area contributed by atoms with E-state index in [4.69, 9.17) is 16.3 Å².